The van der Waals surface area contributed by atoms with E-state index in [2.05, 4.69) is 10.6 Å². The largest absolute Gasteiger partial charge is 0.416 e. The first-order valence-electron chi connectivity index (χ1n) is 9.15. The van der Waals surface area contributed by atoms with Crippen molar-refractivity contribution in [1.29, 1.82) is 0 Å². The summed E-state index contributed by atoms with van der Waals surface area (Å²) in [6, 6.07) is 16.8. The van der Waals surface area contributed by atoms with Crippen molar-refractivity contribution in [3.63, 3.8) is 0 Å². The first-order chi connectivity index (χ1) is 14.3. The van der Waals surface area contributed by atoms with Gasteiger partial charge in [0.2, 0.25) is 0 Å². The fraction of sp³-hybridized carbons (Fsp3) is 0.0870. The minimum atomic E-state index is -4.48. The van der Waals surface area contributed by atoms with Gasteiger partial charge >= 0.3 is 6.18 Å². The molecule has 0 bridgehead atoms. The third kappa shape index (κ3) is 4.06. The second kappa shape index (κ2) is 7.68. The van der Waals surface area contributed by atoms with Gasteiger partial charge in [0.1, 0.15) is 0 Å². The van der Waals surface area contributed by atoms with Crippen LogP contribution in [0.1, 0.15) is 33.3 Å². The smallest absolute Gasteiger partial charge is 0.369 e. The highest BCUT2D eigenvalue weighted by Crippen LogP contribution is 2.31. The molecule has 0 aliphatic carbocycles. The summed E-state index contributed by atoms with van der Waals surface area (Å²) < 4.78 is 38.6. The molecule has 0 aromatic heterocycles. The van der Waals surface area contributed by atoms with E-state index in [9.17, 15) is 23.1 Å². The Morgan fingerprint density at radius 2 is 1.73 bits per heavy atom. The van der Waals surface area contributed by atoms with Crippen molar-refractivity contribution in [2.45, 2.75) is 12.4 Å². The van der Waals surface area contributed by atoms with Crippen LogP contribution < -0.4 is 10.6 Å². The number of aliphatic hydroxyl groups excluding tert-OH is 1. The maximum absolute atomic E-state index is 12.9. The Morgan fingerprint density at radius 1 is 0.967 bits per heavy atom. The molecular weight excluding hydrogens is 393 g/mol. The number of fused-ring (bicyclic) bond motifs is 1. The minimum absolute atomic E-state index is 0.0648. The van der Waals surface area contributed by atoms with Gasteiger partial charge in [0, 0.05) is 16.8 Å². The summed E-state index contributed by atoms with van der Waals surface area (Å²) in [5.41, 5.74) is 2.70. The maximum Gasteiger partial charge on any atom is 0.416 e. The standard InChI is InChI=1S/C23H17F3N2O2/c24-23(25,26)18-5-2-6-19(13-18)28-21(29)17-4-1-3-15(11-17)16-8-7-14-9-10-27-22(30)20(14)12-16/h1-13,22,27,30H,(H,28,29). The normalized spacial score (nSPS) is 15.3. The molecule has 30 heavy (non-hydrogen) atoms. The minimum Gasteiger partial charge on any atom is -0.369 e. The number of halogens is 3. The molecule has 0 saturated heterocycles. The van der Waals surface area contributed by atoms with E-state index in [1.807, 2.05) is 30.3 Å². The molecule has 1 unspecified atom stereocenters. The van der Waals surface area contributed by atoms with Gasteiger partial charge in [0.25, 0.3) is 5.91 Å². The molecule has 0 radical (unpaired) electrons. The Balaban J connectivity index is 1.59. The Bertz CT molecular complexity index is 1140. The van der Waals surface area contributed by atoms with Gasteiger partial charge in [-0.25, -0.2) is 0 Å². The molecule has 3 aromatic carbocycles. The first kappa shape index (κ1) is 19.7. The van der Waals surface area contributed by atoms with Gasteiger partial charge in [-0.15, -0.1) is 0 Å². The molecule has 7 heteroatoms. The lowest BCUT2D eigenvalue weighted by Crippen LogP contribution is -2.18. The number of nitrogens with one attached hydrogen (secondary N) is 2. The average Bonchev–Trinajstić information content (AvgIpc) is 2.73. The van der Waals surface area contributed by atoms with E-state index in [1.165, 1.54) is 12.1 Å². The summed E-state index contributed by atoms with van der Waals surface area (Å²) in [7, 11) is 0. The van der Waals surface area contributed by atoms with Crippen LogP contribution in [0.25, 0.3) is 17.2 Å². The lowest BCUT2D eigenvalue weighted by Gasteiger charge is -2.19. The molecule has 3 N–H and O–H groups in total. The number of carbonyl (C=O) groups excluding carboxylic acids is 1. The van der Waals surface area contributed by atoms with E-state index in [4.69, 9.17) is 0 Å². The van der Waals surface area contributed by atoms with Gasteiger partial charge in [-0.05, 0) is 65.4 Å². The van der Waals surface area contributed by atoms with Gasteiger partial charge in [-0.3, -0.25) is 4.79 Å². The predicted octanol–water partition coefficient (Wildman–Crippen LogP) is 5.19. The third-order valence-electron chi connectivity index (χ3n) is 4.80. The zero-order valence-corrected chi connectivity index (χ0v) is 15.6. The molecule has 1 aliphatic rings. The molecule has 4 rings (SSSR count). The fourth-order valence-electron chi connectivity index (χ4n) is 3.28. The van der Waals surface area contributed by atoms with Crippen molar-refractivity contribution in [2.24, 2.45) is 0 Å². The Hall–Kier alpha value is -3.58. The summed E-state index contributed by atoms with van der Waals surface area (Å²) in [4.78, 5) is 12.6. The van der Waals surface area contributed by atoms with E-state index in [0.717, 1.165) is 28.8 Å². The van der Waals surface area contributed by atoms with E-state index < -0.39 is 23.9 Å². The Kier molecular flexibility index (Phi) is 5.05. The van der Waals surface area contributed by atoms with E-state index in [0.29, 0.717) is 11.1 Å². The monoisotopic (exact) mass is 410 g/mol. The molecule has 152 valence electrons. The summed E-state index contributed by atoms with van der Waals surface area (Å²) in [5.74, 6) is -0.515. The second-order valence-corrected chi connectivity index (χ2v) is 6.86. The van der Waals surface area contributed by atoms with Crippen LogP contribution in [-0.2, 0) is 6.18 Å². The third-order valence-corrected chi connectivity index (χ3v) is 4.80. The molecule has 1 atom stereocenters. The Labute approximate surface area is 170 Å². The number of anilines is 1. The predicted molar refractivity (Wildman–Crippen MR) is 108 cm³/mol. The van der Waals surface area contributed by atoms with Gasteiger partial charge < -0.3 is 15.7 Å². The van der Waals surface area contributed by atoms with Gasteiger partial charge in [0.15, 0.2) is 6.23 Å². The number of rotatable bonds is 3. The molecular formula is C23H17F3N2O2. The maximum atomic E-state index is 12.9. The van der Waals surface area contributed by atoms with Crippen LogP contribution >= 0.6 is 0 Å². The number of carbonyl (C=O) groups is 1. The second-order valence-electron chi connectivity index (χ2n) is 6.86. The van der Waals surface area contributed by atoms with Crippen LogP contribution in [0.4, 0.5) is 18.9 Å². The zero-order valence-electron chi connectivity index (χ0n) is 15.6. The number of amides is 1. The van der Waals surface area contributed by atoms with E-state index in [-0.39, 0.29) is 5.69 Å². The highest BCUT2D eigenvalue weighted by molar-refractivity contribution is 6.05. The molecule has 0 saturated carbocycles. The molecule has 1 aliphatic heterocycles. The lowest BCUT2D eigenvalue weighted by molar-refractivity contribution is -0.137. The van der Waals surface area contributed by atoms with Gasteiger partial charge in [0.05, 0.1) is 5.56 Å². The number of hydrogen-bond donors (Lipinski definition) is 3. The number of hydrogen-bond acceptors (Lipinski definition) is 3. The summed E-state index contributed by atoms with van der Waals surface area (Å²) in [6.07, 6.45) is -1.78. The fourth-order valence-corrected chi connectivity index (χ4v) is 3.28. The highest BCUT2D eigenvalue weighted by Gasteiger charge is 2.30. The van der Waals surface area contributed by atoms with Crippen molar-refractivity contribution in [2.75, 3.05) is 5.32 Å². The molecule has 0 spiro atoms. The van der Waals surface area contributed by atoms with Gasteiger partial charge in [-0.2, -0.15) is 13.2 Å². The van der Waals surface area contributed by atoms with Crippen molar-refractivity contribution in [3.05, 3.63) is 95.2 Å². The molecule has 0 fully saturated rings. The van der Waals surface area contributed by atoms with Crippen LogP contribution in [0.2, 0.25) is 0 Å². The van der Waals surface area contributed by atoms with Crippen LogP contribution in [0.5, 0.6) is 0 Å². The zero-order chi connectivity index (χ0) is 21.3. The number of alkyl halides is 3. The van der Waals surface area contributed by atoms with Crippen molar-refractivity contribution < 1.29 is 23.1 Å². The number of aliphatic hydroxyl groups is 1. The molecule has 1 heterocycles. The van der Waals surface area contributed by atoms with Crippen LogP contribution in [0.3, 0.4) is 0 Å². The number of benzene rings is 3. The van der Waals surface area contributed by atoms with Crippen LogP contribution in [0.15, 0.2) is 72.9 Å². The SMILES string of the molecule is O=C(Nc1cccc(C(F)(F)F)c1)c1cccc(-c2ccc3c(c2)C(O)NC=C3)c1. The van der Waals surface area contributed by atoms with Crippen molar-refractivity contribution in [3.8, 4) is 11.1 Å². The van der Waals surface area contributed by atoms with Crippen LogP contribution in [-0.4, -0.2) is 11.0 Å². The summed E-state index contributed by atoms with van der Waals surface area (Å²) in [6.45, 7) is 0. The van der Waals surface area contributed by atoms with Gasteiger partial charge in [-0.1, -0.05) is 30.3 Å². The Morgan fingerprint density at radius 3 is 2.53 bits per heavy atom. The molecule has 3 aromatic rings. The summed E-state index contributed by atoms with van der Waals surface area (Å²) in [5, 5.41) is 15.4. The molecule has 4 nitrogen and oxygen atoms in total. The average molecular weight is 410 g/mol. The van der Waals surface area contributed by atoms with Crippen LogP contribution in [0, 0.1) is 0 Å². The summed E-state index contributed by atoms with van der Waals surface area (Å²) >= 11 is 0. The topological polar surface area (TPSA) is 61.4 Å². The quantitative estimate of drug-likeness (QED) is 0.557. The highest BCUT2D eigenvalue weighted by atomic mass is 19.4. The van der Waals surface area contributed by atoms with E-state index >= 15 is 0 Å². The van der Waals surface area contributed by atoms with E-state index in [1.54, 1.807) is 24.4 Å². The lowest BCUT2D eigenvalue weighted by atomic mass is 9.96. The van der Waals surface area contributed by atoms with Crippen molar-refractivity contribution >= 4 is 17.7 Å². The first-order valence-corrected chi connectivity index (χ1v) is 9.15. The molecule has 1 amide bonds. The van der Waals surface area contributed by atoms with Crippen molar-refractivity contribution in [1.82, 2.24) is 5.32 Å².